The number of hydrogen-bond acceptors (Lipinski definition) is 5. The highest BCUT2D eigenvalue weighted by atomic mass is 16.5. The molecule has 3 rings (SSSR count). The second-order valence-corrected chi connectivity index (χ2v) is 5.75. The van der Waals surface area contributed by atoms with Crippen molar-refractivity contribution < 1.29 is 18.8 Å². The van der Waals surface area contributed by atoms with E-state index in [-0.39, 0.29) is 24.2 Å². The van der Waals surface area contributed by atoms with Crippen molar-refractivity contribution in [1.82, 2.24) is 10.5 Å². The molecule has 24 heavy (non-hydrogen) atoms. The van der Waals surface area contributed by atoms with Crippen molar-refractivity contribution in [3.05, 3.63) is 41.8 Å². The van der Waals surface area contributed by atoms with Gasteiger partial charge >= 0.3 is 0 Å². The van der Waals surface area contributed by atoms with Gasteiger partial charge in [0.05, 0.1) is 19.6 Å². The third-order valence-corrected chi connectivity index (χ3v) is 3.98. The first-order valence-corrected chi connectivity index (χ1v) is 7.71. The number of carbonyl (C=O) groups is 2. The smallest absolute Gasteiger partial charge is 0.227 e. The summed E-state index contributed by atoms with van der Waals surface area (Å²) in [5.41, 5.74) is 1.40. The molecule has 126 valence electrons. The molecule has 0 bridgehead atoms. The SMILES string of the molecule is COc1cccc(N2CC(C(=O)NCc3cc(C)on3)CC2=O)c1. The molecule has 0 spiro atoms. The normalized spacial score (nSPS) is 17.2. The molecule has 2 aromatic rings. The van der Waals surface area contributed by atoms with E-state index in [2.05, 4.69) is 10.5 Å². The van der Waals surface area contributed by atoms with E-state index in [1.54, 1.807) is 31.1 Å². The molecule has 1 aromatic heterocycles. The number of benzene rings is 1. The van der Waals surface area contributed by atoms with E-state index in [1.165, 1.54) is 0 Å². The van der Waals surface area contributed by atoms with Gasteiger partial charge in [-0.1, -0.05) is 11.2 Å². The average Bonchev–Trinajstić information content (AvgIpc) is 3.18. The quantitative estimate of drug-likeness (QED) is 0.902. The molecule has 0 aliphatic carbocycles. The molecule has 1 saturated heterocycles. The summed E-state index contributed by atoms with van der Waals surface area (Å²) in [6.07, 6.45) is 0.195. The van der Waals surface area contributed by atoms with Gasteiger partial charge in [0.1, 0.15) is 17.2 Å². The molecule has 0 saturated carbocycles. The van der Waals surface area contributed by atoms with Crippen molar-refractivity contribution in [2.45, 2.75) is 19.9 Å². The number of hydrogen-bond donors (Lipinski definition) is 1. The minimum atomic E-state index is -0.378. The van der Waals surface area contributed by atoms with Gasteiger partial charge < -0.3 is 19.5 Å². The maximum atomic E-state index is 12.3. The summed E-state index contributed by atoms with van der Waals surface area (Å²) in [6, 6.07) is 9.02. The minimum absolute atomic E-state index is 0.0688. The number of methoxy groups -OCH3 is 1. The molecule has 1 fully saturated rings. The van der Waals surface area contributed by atoms with E-state index in [9.17, 15) is 9.59 Å². The van der Waals surface area contributed by atoms with E-state index in [4.69, 9.17) is 9.26 Å². The van der Waals surface area contributed by atoms with Crippen LogP contribution in [0.25, 0.3) is 0 Å². The van der Waals surface area contributed by atoms with Crippen LogP contribution in [0.15, 0.2) is 34.9 Å². The summed E-state index contributed by atoms with van der Waals surface area (Å²) >= 11 is 0. The second-order valence-electron chi connectivity index (χ2n) is 5.75. The lowest BCUT2D eigenvalue weighted by Gasteiger charge is -2.17. The predicted octanol–water partition coefficient (Wildman–Crippen LogP) is 1.66. The predicted molar refractivity (Wildman–Crippen MR) is 86.5 cm³/mol. The Labute approximate surface area is 139 Å². The lowest BCUT2D eigenvalue weighted by Crippen LogP contribution is -2.32. The van der Waals surface area contributed by atoms with E-state index in [1.807, 2.05) is 18.2 Å². The number of carbonyl (C=O) groups excluding carboxylic acids is 2. The number of ether oxygens (including phenoxy) is 1. The molecule has 7 heteroatoms. The molecule has 1 atom stereocenters. The summed E-state index contributed by atoms with van der Waals surface area (Å²) in [4.78, 5) is 26.2. The Morgan fingerprint density at radius 3 is 3.00 bits per heavy atom. The van der Waals surface area contributed by atoms with Gasteiger partial charge in [-0.2, -0.15) is 0 Å². The lowest BCUT2D eigenvalue weighted by molar-refractivity contribution is -0.126. The van der Waals surface area contributed by atoms with Crippen LogP contribution < -0.4 is 15.0 Å². The average molecular weight is 329 g/mol. The van der Waals surface area contributed by atoms with Crippen molar-refractivity contribution >= 4 is 17.5 Å². The van der Waals surface area contributed by atoms with Gasteiger partial charge in [0.2, 0.25) is 11.8 Å². The molecule has 1 aromatic carbocycles. The van der Waals surface area contributed by atoms with Crippen molar-refractivity contribution in [3.63, 3.8) is 0 Å². The number of nitrogens with zero attached hydrogens (tertiary/aromatic N) is 2. The lowest BCUT2D eigenvalue weighted by atomic mass is 10.1. The Hall–Kier alpha value is -2.83. The second kappa shape index (κ2) is 6.74. The van der Waals surface area contributed by atoms with Crippen LogP contribution in [0.5, 0.6) is 5.75 Å². The van der Waals surface area contributed by atoms with Crippen molar-refractivity contribution in [2.24, 2.45) is 5.92 Å². The standard InChI is InChI=1S/C17H19N3O4/c1-11-6-13(19-24-11)9-18-17(22)12-7-16(21)20(10-12)14-4-3-5-15(8-14)23-2/h3-6,8,12H,7,9-10H2,1-2H3,(H,18,22). The number of nitrogens with one attached hydrogen (secondary N) is 1. The molecular formula is C17H19N3O4. The van der Waals surface area contributed by atoms with Crippen molar-refractivity contribution in [3.8, 4) is 5.75 Å². The highest BCUT2D eigenvalue weighted by molar-refractivity contribution is 6.00. The van der Waals surface area contributed by atoms with Crippen molar-refractivity contribution in [2.75, 3.05) is 18.6 Å². The summed E-state index contributed by atoms with van der Waals surface area (Å²) < 4.78 is 10.1. The molecule has 1 aliphatic heterocycles. The fourth-order valence-electron chi connectivity index (χ4n) is 2.73. The number of aryl methyl sites for hydroxylation is 1. The monoisotopic (exact) mass is 329 g/mol. The molecule has 0 radical (unpaired) electrons. The zero-order chi connectivity index (χ0) is 17.1. The highest BCUT2D eigenvalue weighted by Gasteiger charge is 2.35. The van der Waals surface area contributed by atoms with E-state index in [0.717, 1.165) is 5.69 Å². The zero-order valence-electron chi connectivity index (χ0n) is 13.6. The third-order valence-electron chi connectivity index (χ3n) is 3.98. The number of rotatable bonds is 5. The Morgan fingerprint density at radius 1 is 1.46 bits per heavy atom. The Bertz CT molecular complexity index is 756. The maximum absolute atomic E-state index is 12.3. The fourth-order valence-corrected chi connectivity index (χ4v) is 2.73. The van der Waals surface area contributed by atoms with Crippen LogP contribution in [0, 0.1) is 12.8 Å². The number of anilines is 1. The first-order valence-electron chi connectivity index (χ1n) is 7.71. The number of aromatic nitrogens is 1. The van der Waals surface area contributed by atoms with Crippen LogP contribution in [-0.4, -0.2) is 30.6 Å². The summed E-state index contributed by atoms with van der Waals surface area (Å²) in [6.45, 7) is 2.44. The third kappa shape index (κ3) is 3.40. The van der Waals surface area contributed by atoms with Crippen LogP contribution in [0.2, 0.25) is 0 Å². The largest absolute Gasteiger partial charge is 0.497 e. The number of amides is 2. The Kier molecular flexibility index (Phi) is 4.50. The summed E-state index contributed by atoms with van der Waals surface area (Å²) in [5, 5.41) is 6.63. The van der Waals surface area contributed by atoms with Gasteiger partial charge in [0.15, 0.2) is 0 Å². The van der Waals surface area contributed by atoms with Crippen LogP contribution in [0.4, 0.5) is 5.69 Å². The Balaban J connectivity index is 1.62. The van der Waals surface area contributed by atoms with E-state index in [0.29, 0.717) is 30.3 Å². The highest BCUT2D eigenvalue weighted by Crippen LogP contribution is 2.28. The van der Waals surface area contributed by atoms with Gasteiger partial charge in [0.25, 0.3) is 0 Å². The summed E-state index contributed by atoms with van der Waals surface area (Å²) in [7, 11) is 1.58. The molecule has 1 N–H and O–H groups in total. The maximum Gasteiger partial charge on any atom is 0.227 e. The van der Waals surface area contributed by atoms with Gasteiger partial charge in [0, 0.05) is 30.8 Å². The van der Waals surface area contributed by atoms with Gasteiger partial charge in [-0.25, -0.2) is 0 Å². The van der Waals surface area contributed by atoms with E-state index >= 15 is 0 Å². The van der Waals surface area contributed by atoms with Gasteiger partial charge in [-0.3, -0.25) is 9.59 Å². The molecule has 1 aliphatic rings. The fraction of sp³-hybridized carbons (Fsp3) is 0.353. The molecule has 2 heterocycles. The molecular weight excluding hydrogens is 310 g/mol. The minimum Gasteiger partial charge on any atom is -0.497 e. The van der Waals surface area contributed by atoms with Crippen molar-refractivity contribution in [1.29, 1.82) is 0 Å². The topological polar surface area (TPSA) is 84.7 Å². The molecule has 2 amide bonds. The first kappa shape index (κ1) is 16.0. The molecule has 7 nitrogen and oxygen atoms in total. The van der Waals surface area contributed by atoms with Crippen LogP contribution >= 0.6 is 0 Å². The molecule has 1 unspecified atom stereocenters. The van der Waals surface area contributed by atoms with Gasteiger partial charge in [-0.05, 0) is 19.1 Å². The van der Waals surface area contributed by atoms with E-state index < -0.39 is 0 Å². The first-order chi connectivity index (χ1) is 11.6. The Morgan fingerprint density at radius 2 is 2.29 bits per heavy atom. The van der Waals surface area contributed by atoms with Crippen LogP contribution in [-0.2, 0) is 16.1 Å². The van der Waals surface area contributed by atoms with Gasteiger partial charge in [-0.15, -0.1) is 0 Å². The zero-order valence-corrected chi connectivity index (χ0v) is 13.6. The van der Waals surface area contributed by atoms with Crippen LogP contribution in [0.3, 0.4) is 0 Å². The summed E-state index contributed by atoms with van der Waals surface area (Å²) in [5.74, 6) is 0.765. The van der Waals surface area contributed by atoms with Crippen LogP contribution in [0.1, 0.15) is 17.9 Å².